The molecule has 0 aromatic heterocycles. The van der Waals surface area contributed by atoms with E-state index in [2.05, 4.69) is 24.5 Å². The van der Waals surface area contributed by atoms with Crippen LogP contribution >= 0.6 is 0 Å². The molecule has 4 atom stereocenters. The van der Waals surface area contributed by atoms with Gasteiger partial charge in [-0.3, -0.25) is 9.59 Å². The second-order valence-electron chi connectivity index (χ2n) is 9.86. The first-order chi connectivity index (χ1) is 14.9. The predicted molar refractivity (Wildman–Crippen MR) is 125 cm³/mol. The molecule has 4 unspecified atom stereocenters. The molecule has 1 aliphatic carbocycles. The number of unbranched alkanes of at least 4 members (excludes halogenated alkanes) is 1. The zero-order valence-corrected chi connectivity index (χ0v) is 20.5. The Hall–Kier alpha value is -2.57. The Morgan fingerprint density at radius 1 is 1.25 bits per heavy atom. The van der Waals surface area contributed by atoms with E-state index in [0.29, 0.717) is 12.5 Å². The lowest BCUT2D eigenvalue weighted by Gasteiger charge is -2.34. The molecule has 0 heterocycles. The van der Waals surface area contributed by atoms with Crippen molar-refractivity contribution in [3.05, 3.63) is 35.4 Å². The van der Waals surface area contributed by atoms with E-state index < -0.39 is 23.8 Å². The standard InChI is InChI=1S/C25H39N3O4/c1-8-9-13-26-22(29)21(19-12-10-11-16(2)14-19)28(20-15-17(20)3)23(30)18(4)27-24(31)32-25(5,6)7/h10-12,14,17-18,20-21H,8-9,13,15H2,1-7H3,(H,26,29)(H,27,31). The average Bonchev–Trinajstić information content (AvgIpc) is 3.39. The maximum absolute atomic E-state index is 13.6. The molecule has 178 valence electrons. The van der Waals surface area contributed by atoms with Gasteiger partial charge in [-0.15, -0.1) is 0 Å². The number of aryl methyl sites for hydroxylation is 1. The highest BCUT2D eigenvalue weighted by Gasteiger charge is 2.47. The van der Waals surface area contributed by atoms with Gasteiger partial charge in [0, 0.05) is 12.6 Å². The molecule has 1 aromatic carbocycles. The van der Waals surface area contributed by atoms with Gasteiger partial charge in [-0.05, 0) is 58.9 Å². The fourth-order valence-electron chi connectivity index (χ4n) is 3.71. The van der Waals surface area contributed by atoms with E-state index in [1.165, 1.54) is 0 Å². The fourth-order valence-corrected chi connectivity index (χ4v) is 3.71. The maximum atomic E-state index is 13.6. The van der Waals surface area contributed by atoms with Gasteiger partial charge in [0.05, 0.1) is 0 Å². The number of benzene rings is 1. The van der Waals surface area contributed by atoms with Crippen LogP contribution in [0.15, 0.2) is 24.3 Å². The van der Waals surface area contributed by atoms with E-state index in [0.717, 1.165) is 30.4 Å². The van der Waals surface area contributed by atoms with Gasteiger partial charge in [0.15, 0.2) is 0 Å². The molecule has 0 aliphatic heterocycles. The number of ether oxygens (including phenoxy) is 1. The number of carbonyl (C=O) groups is 3. The minimum atomic E-state index is -0.826. The second-order valence-corrected chi connectivity index (χ2v) is 9.86. The molecule has 0 spiro atoms. The number of amides is 3. The summed E-state index contributed by atoms with van der Waals surface area (Å²) >= 11 is 0. The summed E-state index contributed by atoms with van der Waals surface area (Å²) in [5.41, 5.74) is 1.13. The highest BCUT2D eigenvalue weighted by Crippen LogP contribution is 2.40. The molecular formula is C25H39N3O4. The van der Waals surface area contributed by atoms with Crippen LogP contribution in [0.3, 0.4) is 0 Å². The van der Waals surface area contributed by atoms with Crippen molar-refractivity contribution in [3.8, 4) is 0 Å². The molecule has 0 radical (unpaired) electrons. The number of hydrogen-bond donors (Lipinski definition) is 2. The summed E-state index contributed by atoms with van der Waals surface area (Å²) in [4.78, 5) is 40.8. The van der Waals surface area contributed by atoms with Crippen molar-refractivity contribution in [2.45, 2.75) is 91.5 Å². The quantitative estimate of drug-likeness (QED) is 0.560. The number of rotatable bonds is 9. The minimum Gasteiger partial charge on any atom is -0.444 e. The SMILES string of the molecule is CCCCNC(=O)C(c1cccc(C)c1)N(C(=O)C(C)NC(=O)OC(C)(C)C)C1CC1C. The Morgan fingerprint density at radius 3 is 2.44 bits per heavy atom. The predicted octanol–water partition coefficient (Wildman–Crippen LogP) is 4.10. The molecule has 1 fully saturated rings. The third-order valence-corrected chi connectivity index (χ3v) is 5.50. The normalized spacial score (nSPS) is 19.5. The molecule has 2 rings (SSSR count). The first kappa shape index (κ1) is 25.7. The van der Waals surface area contributed by atoms with Crippen LogP contribution in [0.2, 0.25) is 0 Å². The van der Waals surface area contributed by atoms with Crippen LogP contribution < -0.4 is 10.6 Å². The zero-order valence-electron chi connectivity index (χ0n) is 20.5. The lowest BCUT2D eigenvalue weighted by atomic mass is 10.0. The lowest BCUT2D eigenvalue weighted by molar-refractivity contribution is -0.143. The van der Waals surface area contributed by atoms with Crippen molar-refractivity contribution < 1.29 is 19.1 Å². The van der Waals surface area contributed by atoms with Gasteiger partial charge < -0.3 is 20.3 Å². The number of nitrogens with one attached hydrogen (secondary N) is 2. The van der Waals surface area contributed by atoms with E-state index in [9.17, 15) is 14.4 Å². The van der Waals surface area contributed by atoms with Crippen LogP contribution in [0.1, 0.15) is 78.0 Å². The largest absolute Gasteiger partial charge is 0.444 e. The molecule has 32 heavy (non-hydrogen) atoms. The molecule has 7 heteroatoms. The van der Waals surface area contributed by atoms with Gasteiger partial charge in [0.25, 0.3) is 0 Å². The van der Waals surface area contributed by atoms with E-state index >= 15 is 0 Å². The van der Waals surface area contributed by atoms with Crippen molar-refractivity contribution in [1.82, 2.24) is 15.5 Å². The van der Waals surface area contributed by atoms with Gasteiger partial charge in [0.1, 0.15) is 17.7 Å². The summed E-state index contributed by atoms with van der Waals surface area (Å²) in [5.74, 6) is -0.188. The number of nitrogens with zero attached hydrogens (tertiary/aromatic N) is 1. The number of carbonyl (C=O) groups excluding carboxylic acids is 3. The molecular weight excluding hydrogens is 406 g/mol. The Kier molecular flexibility index (Phi) is 8.70. The number of alkyl carbamates (subject to hydrolysis) is 1. The molecule has 3 amide bonds. The van der Waals surface area contributed by atoms with Gasteiger partial charge in [-0.1, -0.05) is 50.1 Å². The number of hydrogen-bond acceptors (Lipinski definition) is 4. The van der Waals surface area contributed by atoms with Crippen molar-refractivity contribution in [3.63, 3.8) is 0 Å². The van der Waals surface area contributed by atoms with Crippen molar-refractivity contribution in [2.75, 3.05) is 6.54 Å². The smallest absolute Gasteiger partial charge is 0.408 e. The fraction of sp³-hybridized carbons (Fsp3) is 0.640. The summed E-state index contributed by atoms with van der Waals surface area (Å²) in [5, 5.41) is 5.64. The molecule has 1 saturated carbocycles. The van der Waals surface area contributed by atoms with Crippen LogP contribution in [0.25, 0.3) is 0 Å². The molecule has 0 bridgehead atoms. The van der Waals surface area contributed by atoms with Gasteiger partial charge in [0.2, 0.25) is 11.8 Å². The third kappa shape index (κ3) is 7.24. The van der Waals surface area contributed by atoms with Crippen molar-refractivity contribution in [1.29, 1.82) is 0 Å². The zero-order chi connectivity index (χ0) is 24.1. The molecule has 1 aliphatic rings. The van der Waals surface area contributed by atoms with Gasteiger partial charge in [-0.2, -0.15) is 0 Å². The summed E-state index contributed by atoms with van der Waals surface area (Å²) in [6.07, 6.45) is 2.02. The van der Waals surface area contributed by atoms with E-state index in [1.807, 2.05) is 31.2 Å². The summed E-state index contributed by atoms with van der Waals surface area (Å²) in [6, 6.07) is 6.07. The molecule has 1 aromatic rings. The third-order valence-electron chi connectivity index (χ3n) is 5.50. The van der Waals surface area contributed by atoms with E-state index in [1.54, 1.807) is 32.6 Å². The Labute approximate surface area is 192 Å². The highest BCUT2D eigenvalue weighted by atomic mass is 16.6. The van der Waals surface area contributed by atoms with Crippen molar-refractivity contribution >= 4 is 17.9 Å². The Bertz CT molecular complexity index is 818. The highest BCUT2D eigenvalue weighted by molar-refractivity contribution is 5.92. The van der Waals surface area contributed by atoms with Crippen LogP contribution in [0.5, 0.6) is 0 Å². The van der Waals surface area contributed by atoms with Crippen LogP contribution in [0.4, 0.5) is 4.79 Å². The van der Waals surface area contributed by atoms with Gasteiger partial charge in [-0.25, -0.2) is 4.79 Å². The van der Waals surface area contributed by atoms with E-state index in [-0.39, 0.29) is 17.9 Å². The first-order valence-corrected chi connectivity index (χ1v) is 11.6. The van der Waals surface area contributed by atoms with Crippen molar-refractivity contribution in [2.24, 2.45) is 5.92 Å². The first-order valence-electron chi connectivity index (χ1n) is 11.6. The maximum Gasteiger partial charge on any atom is 0.408 e. The summed E-state index contributed by atoms with van der Waals surface area (Å²) in [7, 11) is 0. The second kappa shape index (κ2) is 10.8. The minimum absolute atomic E-state index is 0.0483. The lowest BCUT2D eigenvalue weighted by Crippen LogP contribution is -2.53. The Morgan fingerprint density at radius 2 is 1.91 bits per heavy atom. The summed E-state index contributed by atoms with van der Waals surface area (Å²) < 4.78 is 5.31. The van der Waals surface area contributed by atoms with E-state index in [4.69, 9.17) is 4.74 Å². The molecule has 2 N–H and O–H groups in total. The van der Waals surface area contributed by atoms with Crippen LogP contribution in [0, 0.1) is 12.8 Å². The average molecular weight is 446 g/mol. The van der Waals surface area contributed by atoms with Crippen LogP contribution in [-0.4, -0.2) is 47.0 Å². The molecule has 7 nitrogen and oxygen atoms in total. The summed E-state index contributed by atoms with van der Waals surface area (Å²) in [6.45, 7) is 13.6. The molecule has 0 saturated heterocycles. The topological polar surface area (TPSA) is 87.7 Å². The monoisotopic (exact) mass is 445 g/mol. The Balaban J connectivity index is 2.33. The van der Waals surface area contributed by atoms with Crippen LogP contribution in [-0.2, 0) is 14.3 Å². The van der Waals surface area contributed by atoms with Gasteiger partial charge >= 0.3 is 6.09 Å².